The molecule has 0 amide bonds. The third-order valence-corrected chi connectivity index (χ3v) is 2.69. The van der Waals surface area contributed by atoms with Gasteiger partial charge >= 0.3 is 0 Å². The molecule has 0 spiro atoms. The summed E-state index contributed by atoms with van der Waals surface area (Å²) < 4.78 is 10.4. The van der Waals surface area contributed by atoms with Crippen LogP contribution in [0, 0.1) is 0 Å². The van der Waals surface area contributed by atoms with Gasteiger partial charge in [-0.05, 0) is 24.7 Å². The highest BCUT2D eigenvalue weighted by atomic mass is 16.5. The molecule has 0 aliphatic heterocycles. The number of nitrogens with zero attached hydrogens (tertiary/aromatic N) is 1. The fourth-order valence-corrected chi connectivity index (χ4v) is 1.79. The highest BCUT2D eigenvalue weighted by molar-refractivity contribution is 5.42. The maximum Gasteiger partial charge on any atom is 0.161 e. The molecule has 1 aromatic rings. The number of aliphatic hydroxyl groups excluding tert-OH is 1. The first-order valence-electron chi connectivity index (χ1n) is 5.88. The van der Waals surface area contributed by atoms with Gasteiger partial charge in [0, 0.05) is 19.6 Å². The molecule has 18 heavy (non-hydrogen) atoms. The Balaban J connectivity index is 2.67. The number of rotatable bonds is 7. The minimum absolute atomic E-state index is 0.274. The Kier molecular flexibility index (Phi) is 5.91. The van der Waals surface area contributed by atoms with Crippen LogP contribution in [0.5, 0.6) is 11.5 Å². The van der Waals surface area contributed by atoms with Crippen molar-refractivity contribution in [2.45, 2.75) is 12.6 Å². The Morgan fingerprint density at radius 3 is 2.50 bits per heavy atom. The van der Waals surface area contributed by atoms with Crippen molar-refractivity contribution in [3.05, 3.63) is 23.8 Å². The second-order valence-electron chi connectivity index (χ2n) is 4.28. The van der Waals surface area contributed by atoms with Gasteiger partial charge < -0.3 is 20.3 Å². The van der Waals surface area contributed by atoms with Crippen molar-refractivity contribution < 1.29 is 14.6 Å². The van der Waals surface area contributed by atoms with Crippen LogP contribution in [0.1, 0.15) is 5.56 Å². The van der Waals surface area contributed by atoms with Gasteiger partial charge in [-0.2, -0.15) is 0 Å². The maximum absolute atomic E-state index is 9.48. The topological polar surface area (TPSA) is 68.0 Å². The molecular formula is C13H22N2O3. The fraction of sp³-hybridized carbons (Fsp3) is 0.538. The molecule has 0 aliphatic carbocycles. The zero-order valence-corrected chi connectivity index (χ0v) is 11.2. The summed E-state index contributed by atoms with van der Waals surface area (Å²) in [5, 5.41) is 9.48. The minimum atomic E-state index is -0.491. The molecule has 5 heteroatoms. The van der Waals surface area contributed by atoms with Crippen LogP contribution in [0.2, 0.25) is 0 Å². The van der Waals surface area contributed by atoms with Crippen LogP contribution in [0.3, 0.4) is 0 Å². The third kappa shape index (κ3) is 4.18. The molecule has 0 heterocycles. The molecule has 0 aromatic heterocycles. The van der Waals surface area contributed by atoms with Gasteiger partial charge in [0.1, 0.15) is 0 Å². The van der Waals surface area contributed by atoms with Crippen molar-refractivity contribution in [1.82, 2.24) is 4.90 Å². The van der Waals surface area contributed by atoms with Crippen molar-refractivity contribution in [2.75, 3.05) is 34.4 Å². The number of aliphatic hydroxyl groups is 1. The Hall–Kier alpha value is -1.30. The highest BCUT2D eigenvalue weighted by Gasteiger charge is 2.09. The Morgan fingerprint density at radius 1 is 1.28 bits per heavy atom. The minimum Gasteiger partial charge on any atom is -0.493 e. The zero-order valence-electron chi connectivity index (χ0n) is 11.2. The largest absolute Gasteiger partial charge is 0.493 e. The van der Waals surface area contributed by atoms with Crippen LogP contribution < -0.4 is 15.2 Å². The van der Waals surface area contributed by atoms with E-state index in [1.807, 2.05) is 30.1 Å². The molecule has 0 radical (unpaired) electrons. The lowest BCUT2D eigenvalue weighted by atomic mass is 10.2. The Bertz CT molecular complexity index is 371. The summed E-state index contributed by atoms with van der Waals surface area (Å²) in [5.41, 5.74) is 6.48. The average Bonchev–Trinajstić information content (AvgIpc) is 2.38. The molecular weight excluding hydrogens is 232 g/mol. The molecule has 3 N–H and O–H groups in total. The zero-order chi connectivity index (χ0) is 13.5. The number of likely N-dealkylation sites (N-methyl/N-ethyl adjacent to an activating group) is 1. The normalized spacial score (nSPS) is 12.6. The summed E-state index contributed by atoms with van der Waals surface area (Å²) in [4.78, 5) is 2.01. The predicted molar refractivity (Wildman–Crippen MR) is 70.9 cm³/mol. The lowest BCUT2D eigenvalue weighted by molar-refractivity contribution is 0.129. The van der Waals surface area contributed by atoms with E-state index < -0.39 is 6.10 Å². The average molecular weight is 254 g/mol. The first kappa shape index (κ1) is 14.8. The van der Waals surface area contributed by atoms with Gasteiger partial charge in [-0.3, -0.25) is 4.90 Å². The lowest BCUT2D eigenvalue weighted by Gasteiger charge is -2.20. The van der Waals surface area contributed by atoms with Crippen LogP contribution in [-0.4, -0.2) is 50.5 Å². The van der Waals surface area contributed by atoms with E-state index in [0.29, 0.717) is 18.0 Å². The van der Waals surface area contributed by atoms with Crippen molar-refractivity contribution in [1.29, 1.82) is 0 Å². The number of hydrogen-bond donors (Lipinski definition) is 2. The number of benzene rings is 1. The molecule has 5 nitrogen and oxygen atoms in total. The van der Waals surface area contributed by atoms with Gasteiger partial charge in [0.15, 0.2) is 11.5 Å². The predicted octanol–water partition coefficient (Wildman–Crippen LogP) is 0.455. The van der Waals surface area contributed by atoms with Crippen molar-refractivity contribution >= 4 is 0 Å². The molecule has 0 saturated carbocycles. The molecule has 1 unspecified atom stereocenters. The lowest BCUT2D eigenvalue weighted by Crippen LogP contribution is -2.33. The summed E-state index contributed by atoms with van der Waals surface area (Å²) in [6, 6.07) is 5.79. The third-order valence-electron chi connectivity index (χ3n) is 2.69. The summed E-state index contributed by atoms with van der Waals surface area (Å²) in [7, 11) is 5.17. The molecule has 0 aliphatic rings. The van der Waals surface area contributed by atoms with Crippen LogP contribution >= 0.6 is 0 Å². The SMILES string of the molecule is COc1ccc(CN(C)CC(O)CN)cc1OC. The fourth-order valence-electron chi connectivity index (χ4n) is 1.79. The van der Waals surface area contributed by atoms with Crippen LogP contribution in [-0.2, 0) is 6.54 Å². The van der Waals surface area contributed by atoms with Crippen molar-refractivity contribution in [3.8, 4) is 11.5 Å². The first-order chi connectivity index (χ1) is 8.60. The van der Waals surface area contributed by atoms with Crippen LogP contribution in [0.25, 0.3) is 0 Å². The molecule has 1 atom stereocenters. The van der Waals surface area contributed by atoms with E-state index in [9.17, 15) is 5.11 Å². The van der Waals surface area contributed by atoms with Gasteiger partial charge in [-0.1, -0.05) is 6.07 Å². The second-order valence-corrected chi connectivity index (χ2v) is 4.28. The first-order valence-corrected chi connectivity index (χ1v) is 5.88. The number of nitrogens with two attached hydrogens (primary N) is 1. The molecule has 0 saturated heterocycles. The van der Waals surface area contributed by atoms with Crippen LogP contribution in [0.15, 0.2) is 18.2 Å². The van der Waals surface area contributed by atoms with E-state index in [1.165, 1.54) is 0 Å². The van der Waals surface area contributed by atoms with Crippen molar-refractivity contribution in [3.63, 3.8) is 0 Å². The van der Waals surface area contributed by atoms with Gasteiger partial charge in [-0.25, -0.2) is 0 Å². The molecule has 0 bridgehead atoms. The number of methoxy groups -OCH3 is 2. The molecule has 1 rings (SSSR count). The number of hydrogen-bond acceptors (Lipinski definition) is 5. The quantitative estimate of drug-likeness (QED) is 0.739. The Morgan fingerprint density at radius 2 is 1.94 bits per heavy atom. The Labute approximate surface area is 108 Å². The molecule has 0 fully saturated rings. The van der Waals surface area contributed by atoms with E-state index in [2.05, 4.69) is 0 Å². The second kappa shape index (κ2) is 7.20. The van der Waals surface area contributed by atoms with Gasteiger partial charge in [-0.15, -0.1) is 0 Å². The molecule has 1 aromatic carbocycles. The van der Waals surface area contributed by atoms with E-state index in [0.717, 1.165) is 12.1 Å². The van der Waals surface area contributed by atoms with Gasteiger partial charge in [0.05, 0.1) is 20.3 Å². The van der Waals surface area contributed by atoms with Crippen LogP contribution in [0.4, 0.5) is 0 Å². The van der Waals surface area contributed by atoms with E-state index in [1.54, 1.807) is 14.2 Å². The van der Waals surface area contributed by atoms with Gasteiger partial charge in [0.25, 0.3) is 0 Å². The summed E-state index contributed by atoms with van der Waals surface area (Å²) in [5.74, 6) is 1.42. The van der Waals surface area contributed by atoms with E-state index in [-0.39, 0.29) is 6.54 Å². The summed E-state index contributed by atoms with van der Waals surface area (Å²) in [6.07, 6.45) is -0.491. The molecule has 102 valence electrons. The van der Waals surface area contributed by atoms with E-state index in [4.69, 9.17) is 15.2 Å². The smallest absolute Gasteiger partial charge is 0.161 e. The summed E-state index contributed by atoms with van der Waals surface area (Å²) >= 11 is 0. The number of ether oxygens (including phenoxy) is 2. The highest BCUT2D eigenvalue weighted by Crippen LogP contribution is 2.27. The van der Waals surface area contributed by atoms with E-state index >= 15 is 0 Å². The standard InChI is InChI=1S/C13H22N2O3/c1-15(9-11(16)7-14)8-10-4-5-12(17-2)13(6-10)18-3/h4-6,11,16H,7-9,14H2,1-3H3. The van der Waals surface area contributed by atoms with Crippen molar-refractivity contribution in [2.24, 2.45) is 5.73 Å². The summed E-state index contributed by atoms with van der Waals surface area (Å²) in [6.45, 7) is 1.54. The maximum atomic E-state index is 9.48. The van der Waals surface area contributed by atoms with Gasteiger partial charge in [0.2, 0.25) is 0 Å². The monoisotopic (exact) mass is 254 g/mol.